The molecule has 0 aliphatic heterocycles. The fourth-order valence-corrected chi connectivity index (χ4v) is 3.09. The number of benzene rings is 1. The van der Waals surface area contributed by atoms with E-state index in [1.807, 2.05) is 32.1 Å². The highest BCUT2D eigenvalue weighted by molar-refractivity contribution is 6.64. The minimum Gasteiger partial charge on any atom is -0.281 e. The van der Waals surface area contributed by atoms with Crippen LogP contribution >= 0.6 is 34.8 Å². The van der Waals surface area contributed by atoms with Crippen molar-refractivity contribution >= 4 is 45.1 Å². The Morgan fingerprint density at radius 1 is 1.22 bits per heavy atom. The maximum Gasteiger partial charge on any atom is 0.225 e. The van der Waals surface area contributed by atoms with Crippen molar-refractivity contribution in [1.29, 1.82) is 0 Å². The number of carbonyl (C=O) groups excluding carboxylic acids is 1. The first-order chi connectivity index (χ1) is 8.34. The molecule has 18 heavy (non-hydrogen) atoms. The third-order valence-corrected chi connectivity index (χ3v) is 4.43. The average Bonchev–Trinajstić information content (AvgIpc) is 2.81. The van der Waals surface area contributed by atoms with Gasteiger partial charge in [0, 0.05) is 16.0 Å². The molecule has 96 valence electrons. The zero-order chi connectivity index (χ0) is 13.5. The first kappa shape index (κ1) is 13.9. The lowest BCUT2D eigenvalue weighted by Crippen LogP contribution is -1.96. The molecule has 1 aromatic carbocycles. The summed E-state index contributed by atoms with van der Waals surface area (Å²) in [6.45, 7) is 4.04. The third kappa shape index (κ3) is 2.59. The van der Waals surface area contributed by atoms with E-state index in [1.165, 1.54) is 0 Å². The first-order valence-corrected chi connectivity index (χ1v) is 6.80. The molecular weight excluding hydrogens is 291 g/mol. The predicted molar refractivity (Wildman–Crippen MR) is 76.9 cm³/mol. The Bertz CT molecular complexity index is 502. The van der Waals surface area contributed by atoms with Gasteiger partial charge < -0.3 is 0 Å². The Hall–Kier alpha value is -0.500. The zero-order valence-corrected chi connectivity index (χ0v) is 12.4. The molecule has 0 aromatic heterocycles. The van der Waals surface area contributed by atoms with Crippen LogP contribution in [0.15, 0.2) is 30.3 Å². The van der Waals surface area contributed by atoms with Crippen LogP contribution in [0.1, 0.15) is 19.4 Å². The molecule has 1 aliphatic carbocycles. The van der Waals surface area contributed by atoms with Crippen LogP contribution in [0.25, 0.3) is 5.03 Å². The van der Waals surface area contributed by atoms with E-state index in [0.29, 0.717) is 10.1 Å². The molecule has 2 unspecified atom stereocenters. The quantitative estimate of drug-likeness (QED) is 0.721. The Balaban J connectivity index is 2.20. The second kappa shape index (κ2) is 4.88. The van der Waals surface area contributed by atoms with Gasteiger partial charge in [0.05, 0.1) is 0 Å². The van der Waals surface area contributed by atoms with Crippen LogP contribution in [0.4, 0.5) is 0 Å². The van der Waals surface area contributed by atoms with Crippen molar-refractivity contribution in [1.82, 2.24) is 0 Å². The number of hydrogen-bond donors (Lipinski definition) is 0. The second-order valence-corrected chi connectivity index (χ2v) is 6.37. The molecule has 0 bridgehead atoms. The maximum absolute atomic E-state index is 11.3. The lowest BCUT2D eigenvalue weighted by molar-refractivity contribution is -0.113. The number of carbonyl (C=O) groups is 1. The summed E-state index contributed by atoms with van der Waals surface area (Å²) in [5.41, 5.74) is 0.787. The third-order valence-electron chi connectivity index (χ3n) is 3.60. The van der Waals surface area contributed by atoms with Crippen LogP contribution in [-0.2, 0) is 4.79 Å². The molecule has 0 saturated heterocycles. The van der Waals surface area contributed by atoms with Gasteiger partial charge in [-0.25, -0.2) is 0 Å². The van der Waals surface area contributed by atoms with Crippen LogP contribution in [0.5, 0.6) is 0 Å². The van der Waals surface area contributed by atoms with Gasteiger partial charge in [-0.1, -0.05) is 55.3 Å². The number of allylic oxidation sites excluding steroid dienone is 1. The van der Waals surface area contributed by atoms with Crippen molar-refractivity contribution in [2.24, 2.45) is 17.3 Å². The maximum atomic E-state index is 11.3. The number of halogens is 3. The standard InChI is InChI=1S/C14H13Cl3O/c1-14(2)10(12(14)13(17)18)7-11(16)8-3-5-9(15)6-4-8/h3-7,10,12H,1-2H3/b11-7-. The van der Waals surface area contributed by atoms with E-state index in [0.717, 1.165) is 5.56 Å². The van der Waals surface area contributed by atoms with Gasteiger partial charge in [0.25, 0.3) is 0 Å². The van der Waals surface area contributed by atoms with Crippen molar-refractivity contribution in [3.8, 4) is 0 Å². The Labute approximate surface area is 122 Å². The van der Waals surface area contributed by atoms with Gasteiger partial charge in [0.15, 0.2) is 0 Å². The average molecular weight is 304 g/mol. The summed E-state index contributed by atoms with van der Waals surface area (Å²) in [5.74, 6) is -0.0362. The highest BCUT2D eigenvalue weighted by atomic mass is 35.5. The van der Waals surface area contributed by atoms with Crippen molar-refractivity contribution in [2.45, 2.75) is 13.8 Å². The molecule has 1 aromatic rings. The van der Waals surface area contributed by atoms with Crippen LogP contribution in [0.3, 0.4) is 0 Å². The SMILES string of the molecule is CC1(C)C(/C=C(\Cl)c2ccc(Cl)cc2)C1C(=O)Cl. The summed E-state index contributed by atoms with van der Waals surface area (Å²) in [6, 6.07) is 7.28. The van der Waals surface area contributed by atoms with Gasteiger partial charge in [-0.05, 0) is 40.6 Å². The molecule has 2 rings (SSSR count). The Morgan fingerprint density at radius 3 is 2.22 bits per heavy atom. The minimum atomic E-state index is -0.290. The van der Waals surface area contributed by atoms with E-state index < -0.39 is 0 Å². The molecule has 4 heteroatoms. The monoisotopic (exact) mass is 302 g/mol. The van der Waals surface area contributed by atoms with E-state index in [9.17, 15) is 4.79 Å². The van der Waals surface area contributed by atoms with E-state index in [-0.39, 0.29) is 22.5 Å². The summed E-state index contributed by atoms with van der Waals surface area (Å²) in [7, 11) is 0. The van der Waals surface area contributed by atoms with Crippen LogP contribution in [0.2, 0.25) is 5.02 Å². The summed E-state index contributed by atoms with van der Waals surface area (Å²) in [5, 5.41) is 1.01. The molecule has 0 amide bonds. The molecule has 0 spiro atoms. The normalized spacial score (nSPS) is 25.9. The summed E-state index contributed by atoms with van der Waals surface area (Å²) >= 11 is 17.7. The van der Waals surface area contributed by atoms with Gasteiger partial charge in [0.1, 0.15) is 0 Å². The molecular formula is C14H13Cl3O. The van der Waals surface area contributed by atoms with Crippen molar-refractivity contribution in [3.05, 3.63) is 40.9 Å². The number of rotatable bonds is 3. The highest BCUT2D eigenvalue weighted by Gasteiger charge is 2.60. The molecule has 1 saturated carbocycles. The summed E-state index contributed by atoms with van der Waals surface area (Å²) in [6.07, 6.45) is 1.91. The van der Waals surface area contributed by atoms with Crippen LogP contribution in [0, 0.1) is 17.3 Å². The molecule has 1 aliphatic rings. The number of hydrogen-bond acceptors (Lipinski definition) is 1. The van der Waals surface area contributed by atoms with Crippen molar-refractivity contribution < 1.29 is 4.79 Å². The highest BCUT2D eigenvalue weighted by Crippen LogP contribution is 2.60. The largest absolute Gasteiger partial charge is 0.281 e. The predicted octanol–water partition coefficient (Wildman–Crippen LogP) is 4.96. The lowest BCUT2D eigenvalue weighted by Gasteiger charge is -2.01. The minimum absolute atomic E-state index is 0.102. The zero-order valence-electron chi connectivity index (χ0n) is 10.1. The Kier molecular flexibility index (Phi) is 3.77. The molecule has 1 nitrogen and oxygen atoms in total. The fourth-order valence-electron chi connectivity index (χ4n) is 2.29. The van der Waals surface area contributed by atoms with Crippen molar-refractivity contribution in [2.75, 3.05) is 0 Å². The van der Waals surface area contributed by atoms with Gasteiger partial charge in [-0.15, -0.1) is 0 Å². The van der Waals surface area contributed by atoms with E-state index in [4.69, 9.17) is 34.8 Å². The molecule has 1 fully saturated rings. The Morgan fingerprint density at radius 2 is 1.78 bits per heavy atom. The van der Waals surface area contributed by atoms with E-state index in [2.05, 4.69) is 0 Å². The fraction of sp³-hybridized carbons (Fsp3) is 0.357. The van der Waals surface area contributed by atoms with Gasteiger partial charge in [-0.2, -0.15) is 0 Å². The van der Waals surface area contributed by atoms with Crippen LogP contribution in [-0.4, -0.2) is 5.24 Å². The lowest BCUT2D eigenvalue weighted by atomic mass is 10.1. The molecule has 0 heterocycles. The first-order valence-electron chi connectivity index (χ1n) is 5.66. The van der Waals surface area contributed by atoms with Crippen molar-refractivity contribution in [3.63, 3.8) is 0 Å². The second-order valence-electron chi connectivity index (χ2n) is 5.15. The van der Waals surface area contributed by atoms with E-state index in [1.54, 1.807) is 12.1 Å². The smallest absolute Gasteiger partial charge is 0.225 e. The van der Waals surface area contributed by atoms with Gasteiger partial charge >= 0.3 is 0 Å². The van der Waals surface area contributed by atoms with E-state index >= 15 is 0 Å². The topological polar surface area (TPSA) is 17.1 Å². The molecule has 0 radical (unpaired) electrons. The molecule has 2 atom stereocenters. The molecule has 0 N–H and O–H groups in total. The van der Waals surface area contributed by atoms with Crippen LogP contribution < -0.4 is 0 Å². The summed E-state index contributed by atoms with van der Waals surface area (Å²) < 4.78 is 0. The van der Waals surface area contributed by atoms with Gasteiger partial charge in [0.2, 0.25) is 5.24 Å². The van der Waals surface area contributed by atoms with Gasteiger partial charge in [-0.3, -0.25) is 4.79 Å². The summed E-state index contributed by atoms with van der Waals surface area (Å²) in [4.78, 5) is 11.3.